The molecule has 2 heterocycles. The summed E-state index contributed by atoms with van der Waals surface area (Å²) in [5.41, 5.74) is 9.16. The SMILES string of the molecule is Cc1ccc2c(c1-c1cccc[n+]1C)Cc1ncccc1-2. The highest BCUT2D eigenvalue weighted by Crippen LogP contribution is 2.41. The molecule has 0 N–H and O–H groups in total. The van der Waals surface area contributed by atoms with E-state index in [9.17, 15) is 0 Å². The second kappa shape index (κ2) is 4.52. The summed E-state index contributed by atoms with van der Waals surface area (Å²) in [7, 11) is 2.11. The van der Waals surface area contributed by atoms with Gasteiger partial charge in [-0.3, -0.25) is 4.98 Å². The van der Waals surface area contributed by atoms with E-state index in [0.717, 1.165) is 6.42 Å². The van der Waals surface area contributed by atoms with Crippen LogP contribution in [0.5, 0.6) is 0 Å². The van der Waals surface area contributed by atoms with Gasteiger partial charge in [0.15, 0.2) is 6.20 Å². The van der Waals surface area contributed by atoms with Gasteiger partial charge in [-0.25, -0.2) is 4.57 Å². The number of fused-ring (bicyclic) bond motifs is 3. The van der Waals surface area contributed by atoms with Crippen molar-refractivity contribution in [3.8, 4) is 22.4 Å². The number of pyridine rings is 2. The van der Waals surface area contributed by atoms with E-state index in [4.69, 9.17) is 0 Å². The largest absolute Gasteiger partial charge is 0.260 e. The Morgan fingerprint density at radius 3 is 2.76 bits per heavy atom. The molecule has 102 valence electrons. The van der Waals surface area contributed by atoms with E-state index < -0.39 is 0 Å². The van der Waals surface area contributed by atoms with Crippen LogP contribution in [0.2, 0.25) is 0 Å². The molecule has 0 aliphatic heterocycles. The van der Waals surface area contributed by atoms with E-state index in [0.29, 0.717) is 0 Å². The Kier molecular flexibility index (Phi) is 2.64. The summed E-state index contributed by atoms with van der Waals surface area (Å²) >= 11 is 0. The van der Waals surface area contributed by atoms with E-state index >= 15 is 0 Å². The fourth-order valence-electron chi connectivity index (χ4n) is 3.33. The van der Waals surface area contributed by atoms with E-state index in [1.54, 1.807) is 0 Å². The van der Waals surface area contributed by atoms with Crippen LogP contribution < -0.4 is 4.57 Å². The molecule has 0 saturated heterocycles. The van der Waals surface area contributed by atoms with Crippen molar-refractivity contribution < 1.29 is 4.57 Å². The van der Waals surface area contributed by atoms with Crippen LogP contribution in [0.4, 0.5) is 0 Å². The third-order valence-corrected chi connectivity index (χ3v) is 4.36. The molecule has 4 rings (SSSR count). The summed E-state index contributed by atoms with van der Waals surface area (Å²) < 4.78 is 2.19. The zero-order valence-electron chi connectivity index (χ0n) is 12.3. The average molecular weight is 273 g/mol. The molecule has 2 heteroatoms. The monoisotopic (exact) mass is 273 g/mol. The first-order valence-electron chi connectivity index (χ1n) is 7.27. The number of nitrogens with zero attached hydrogens (tertiary/aromatic N) is 2. The van der Waals surface area contributed by atoms with E-state index in [2.05, 4.69) is 66.1 Å². The minimum absolute atomic E-state index is 0.928. The zero-order chi connectivity index (χ0) is 14.4. The summed E-state index contributed by atoms with van der Waals surface area (Å²) in [5.74, 6) is 0. The van der Waals surface area contributed by atoms with Gasteiger partial charge in [-0.2, -0.15) is 0 Å². The van der Waals surface area contributed by atoms with Crippen molar-refractivity contribution >= 4 is 0 Å². The molecule has 0 fully saturated rings. The maximum atomic E-state index is 4.55. The molecule has 21 heavy (non-hydrogen) atoms. The van der Waals surface area contributed by atoms with Crippen LogP contribution in [0, 0.1) is 6.92 Å². The average Bonchev–Trinajstić information content (AvgIpc) is 2.87. The molecule has 0 spiro atoms. The van der Waals surface area contributed by atoms with E-state index in [1.807, 2.05) is 12.3 Å². The fourth-order valence-corrected chi connectivity index (χ4v) is 3.33. The highest BCUT2D eigenvalue weighted by atomic mass is 14.9. The van der Waals surface area contributed by atoms with Crippen molar-refractivity contribution in [3.63, 3.8) is 0 Å². The van der Waals surface area contributed by atoms with Crippen molar-refractivity contribution in [2.45, 2.75) is 13.3 Å². The molecular weight excluding hydrogens is 256 g/mol. The van der Waals surface area contributed by atoms with Gasteiger partial charge < -0.3 is 0 Å². The summed E-state index contributed by atoms with van der Waals surface area (Å²) in [6.07, 6.45) is 4.92. The molecule has 0 unspecified atom stereocenters. The molecule has 2 nitrogen and oxygen atoms in total. The molecule has 0 bridgehead atoms. The molecule has 1 aliphatic carbocycles. The van der Waals surface area contributed by atoms with Gasteiger partial charge in [0.25, 0.3) is 0 Å². The Hall–Kier alpha value is -2.48. The van der Waals surface area contributed by atoms with E-state index in [1.165, 1.54) is 39.2 Å². The lowest BCUT2D eigenvalue weighted by Gasteiger charge is -2.10. The van der Waals surface area contributed by atoms with Gasteiger partial charge in [0.05, 0.1) is 11.3 Å². The van der Waals surface area contributed by atoms with Crippen LogP contribution in [0.1, 0.15) is 16.8 Å². The number of aromatic nitrogens is 2. The third kappa shape index (κ3) is 1.79. The van der Waals surface area contributed by atoms with Crippen molar-refractivity contribution in [3.05, 3.63) is 71.7 Å². The highest BCUT2D eigenvalue weighted by molar-refractivity contribution is 5.83. The summed E-state index contributed by atoms with van der Waals surface area (Å²) in [5, 5.41) is 0. The van der Waals surface area contributed by atoms with Gasteiger partial charge in [-0.05, 0) is 35.7 Å². The number of hydrogen-bond donors (Lipinski definition) is 0. The quantitative estimate of drug-likeness (QED) is 0.485. The molecule has 0 saturated carbocycles. The lowest BCUT2D eigenvalue weighted by Crippen LogP contribution is -2.30. The van der Waals surface area contributed by atoms with Crippen molar-refractivity contribution in [2.24, 2.45) is 7.05 Å². The second-order valence-electron chi connectivity index (χ2n) is 5.65. The van der Waals surface area contributed by atoms with Gasteiger partial charge in [-0.15, -0.1) is 0 Å². The molecular formula is C19H17N2+. The van der Waals surface area contributed by atoms with Gasteiger partial charge in [0.1, 0.15) is 7.05 Å². The van der Waals surface area contributed by atoms with Gasteiger partial charge in [0.2, 0.25) is 5.69 Å². The van der Waals surface area contributed by atoms with E-state index in [-0.39, 0.29) is 0 Å². The summed E-state index contributed by atoms with van der Waals surface area (Å²) in [6, 6.07) is 15.0. The standard InChI is InChI=1S/C19H17N2/c1-13-8-9-14-15-6-5-10-20-17(15)12-16(14)19(13)18-7-3-4-11-21(18)2/h3-11H,12H2,1-2H3/q+1. The molecule has 0 atom stereocenters. The van der Waals surface area contributed by atoms with Crippen LogP contribution in [0.15, 0.2) is 54.9 Å². The first kappa shape index (κ1) is 12.3. The second-order valence-corrected chi connectivity index (χ2v) is 5.65. The van der Waals surface area contributed by atoms with Crippen LogP contribution in [-0.4, -0.2) is 4.98 Å². The lowest BCUT2D eigenvalue weighted by molar-refractivity contribution is -0.660. The van der Waals surface area contributed by atoms with Crippen LogP contribution in [-0.2, 0) is 13.5 Å². The summed E-state index contributed by atoms with van der Waals surface area (Å²) in [6.45, 7) is 2.19. The maximum Gasteiger partial charge on any atom is 0.212 e. The number of aryl methyl sites for hydroxylation is 2. The maximum absolute atomic E-state index is 4.55. The van der Waals surface area contributed by atoms with Gasteiger partial charge >= 0.3 is 0 Å². The molecule has 1 aliphatic rings. The predicted octanol–water partition coefficient (Wildman–Crippen LogP) is 3.45. The first-order chi connectivity index (χ1) is 10.3. The number of benzene rings is 1. The zero-order valence-corrected chi connectivity index (χ0v) is 12.3. The van der Waals surface area contributed by atoms with Crippen LogP contribution in [0.25, 0.3) is 22.4 Å². The molecule has 2 aromatic heterocycles. The fraction of sp³-hybridized carbons (Fsp3) is 0.158. The number of hydrogen-bond acceptors (Lipinski definition) is 1. The Labute approximate surface area is 124 Å². The lowest BCUT2D eigenvalue weighted by atomic mass is 9.94. The molecule has 1 aromatic carbocycles. The Morgan fingerprint density at radius 1 is 1.00 bits per heavy atom. The topological polar surface area (TPSA) is 16.8 Å². The highest BCUT2D eigenvalue weighted by Gasteiger charge is 2.26. The minimum Gasteiger partial charge on any atom is -0.260 e. The normalized spacial score (nSPS) is 12.1. The molecule has 0 radical (unpaired) electrons. The molecule has 3 aromatic rings. The number of rotatable bonds is 1. The van der Waals surface area contributed by atoms with Crippen molar-refractivity contribution in [1.29, 1.82) is 0 Å². The smallest absolute Gasteiger partial charge is 0.212 e. The van der Waals surface area contributed by atoms with Gasteiger partial charge in [0, 0.05) is 30.3 Å². The predicted molar refractivity (Wildman–Crippen MR) is 83.8 cm³/mol. The van der Waals surface area contributed by atoms with Crippen molar-refractivity contribution in [2.75, 3.05) is 0 Å². The summed E-state index contributed by atoms with van der Waals surface area (Å²) in [4.78, 5) is 4.55. The van der Waals surface area contributed by atoms with Gasteiger partial charge in [-0.1, -0.05) is 18.2 Å². The third-order valence-electron chi connectivity index (χ3n) is 4.36. The Bertz CT molecular complexity index is 850. The first-order valence-corrected chi connectivity index (χ1v) is 7.27. The van der Waals surface area contributed by atoms with Crippen LogP contribution in [0.3, 0.4) is 0 Å². The Balaban J connectivity index is 2.01. The molecule has 0 amide bonds. The van der Waals surface area contributed by atoms with Crippen molar-refractivity contribution in [1.82, 2.24) is 4.98 Å². The Morgan fingerprint density at radius 2 is 1.90 bits per heavy atom. The van der Waals surface area contributed by atoms with Crippen LogP contribution >= 0.6 is 0 Å². The minimum atomic E-state index is 0.928.